The zero-order chi connectivity index (χ0) is 12.8. The molecule has 1 N–H and O–H groups in total. The van der Waals surface area contributed by atoms with E-state index in [2.05, 4.69) is 9.80 Å². The number of fused-ring (bicyclic) bond motifs is 2. The summed E-state index contributed by atoms with van der Waals surface area (Å²) in [6, 6.07) is 0.699. The van der Waals surface area contributed by atoms with Gasteiger partial charge < -0.3 is 14.7 Å². The minimum absolute atomic E-state index is 0.174. The number of ether oxygens (including phenoxy) is 1. The first-order valence-corrected chi connectivity index (χ1v) is 6.88. The van der Waals surface area contributed by atoms with Crippen LogP contribution >= 0.6 is 0 Å². The lowest BCUT2D eigenvalue weighted by atomic mass is 9.86. The van der Waals surface area contributed by atoms with Gasteiger partial charge in [-0.05, 0) is 38.8 Å². The maximum atomic E-state index is 10.5. The van der Waals surface area contributed by atoms with E-state index in [4.69, 9.17) is 9.84 Å². The number of hydrogen-bond donors (Lipinski definition) is 1. The first-order valence-electron chi connectivity index (χ1n) is 6.88. The lowest BCUT2D eigenvalue weighted by Crippen LogP contribution is -2.66. The van der Waals surface area contributed by atoms with Crippen molar-refractivity contribution in [3.05, 3.63) is 0 Å². The van der Waals surface area contributed by atoms with Crippen LogP contribution < -0.4 is 0 Å². The van der Waals surface area contributed by atoms with Gasteiger partial charge in [-0.25, -0.2) is 4.79 Å². The van der Waals surface area contributed by atoms with Crippen molar-refractivity contribution < 1.29 is 14.6 Å². The van der Waals surface area contributed by atoms with Gasteiger partial charge in [-0.3, -0.25) is 4.90 Å². The predicted octanol–water partition coefficient (Wildman–Crippen LogP) is 0.256. The third kappa shape index (κ3) is 2.27. The Morgan fingerprint density at radius 2 is 2.11 bits per heavy atom. The molecule has 0 aromatic carbocycles. The fourth-order valence-corrected chi connectivity index (χ4v) is 3.79. The highest BCUT2D eigenvalue weighted by atomic mass is 16.5. The number of rotatable bonds is 4. The van der Waals surface area contributed by atoms with Crippen molar-refractivity contribution in [2.75, 3.05) is 39.3 Å². The predicted molar refractivity (Wildman–Crippen MR) is 66.5 cm³/mol. The fourth-order valence-electron chi connectivity index (χ4n) is 3.79. The lowest BCUT2D eigenvalue weighted by Gasteiger charge is -2.53. The monoisotopic (exact) mass is 254 g/mol. The average molecular weight is 254 g/mol. The highest BCUT2D eigenvalue weighted by molar-refractivity contribution is 5.68. The minimum atomic E-state index is -0.876. The second-order valence-electron chi connectivity index (χ2n) is 6.24. The molecule has 0 amide bonds. The van der Waals surface area contributed by atoms with E-state index >= 15 is 0 Å². The van der Waals surface area contributed by atoms with Crippen molar-refractivity contribution in [1.29, 1.82) is 0 Å². The zero-order valence-corrected chi connectivity index (χ0v) is 11.0. The lowest BCUT2D eigenvalue weighted by molar-refractivity contribution is -0.173. The average Bonchev–Trinajstić information content (AvgIpc) is 2.66. The van der Waals surface area contributed by atoms with Crippen LogP contribution in [0.3, 0.4) is 0 Å². The van der Waals surface area contributed by atoms with Crippen LogP contribution in [0, 0.1) is 5.92 Å². The molecular formula is C13H22N2O3. The number of carboxylic acid groups (broad SMARTS) is 1. The summed E-state index contributed by atoms with van der Waals surface area (Å²) in [6.07, 6.45) is 2.59. The van der Waals surface area contributed by atoms with Crippen molar-refractivity contribution in [3.8, 4) is 0 Å². The molecule has 3 saturated heterocycles. The topological polar surface area (TPSA) is 53.0 Å². The quantitative estimate of drug-likeness (QED) is 0.780. The highest BCUT2D eigenvalue weighted by Gasteiger charge is 2.47. The van der Waals surface area contributed by atoms with Crippen LogP contribution in [0.2, 0.25) is 0 Å². The molecule has 18 heavy (non-hydrogen) atoms. The van der Waals surface area contributed by atoms with Crippen molar-refractivity contribution in [1.82, 2.24) is 9.80 Å². The Morgan fingerprint density at radius 3 is 2.83 bits per heavy atom. The van der Waals surface area contributed by atoms with Gasteiger partial charge in [-0.1, -0.05) is 0 Å². The molecule has 2 bridgehead atoms. The standard InChI is InChI=1S/C13H22N2O3/c1-13(18-7-12(16)17)8-15(9-13)11-3-5-14-4-2-10(11)6-14/h10-11H,2-9H2,1H3,(H,16,17). The van der Waals surface area contributed by atoms with Crippen LogP contribution in [0.1, 0.15) is 19.8 Å². The number of carbonyl (C=O) groups is 1. The maximum Gasteiger partial charge on any atom is 0.329 e. The molecule has 102 valence electrons. The van der Waals surface area contributed by atoms with Gasteiger partial charge in [0, 0.05) is 25.7 Å². The van der Waals surface area contributed by atoms with E-state index < -0.39 is 5.97 Å². The Hall–Kier alpha value is -0.650. The SMILES string of the molecule is CC1(OCC(=O)O)CN(C2CCN3CCC2C3)C1. The molecular weight excluding hydrogens is 232 g/mol. The molecule has 0 spiro atoms. The summed E-state index contributed by atoms with van der Waals surface area (Å²) in [4.78, 5) is 15.6. The van der Waals surface area contributed by atoms with Crippen LogP contribution in [0.25, 0.3) is 0 Å². The number of likely N-dealkylation sites (tertiary alicyclic amines) is 1. The molecule has 0 radical (unpaired) electrons. The van der Waals surface area contributed by atoms with E-state index in [1.54, 1.807) is 0 Å². The number of carboxylic acids is 1. The zero-order valence-electron chi connectivity index (χ0n) is 11.0. The van der Waals surface area contributed by atoms with E-state index in [1.807, 2.05) is 6.92 Å². The first kappa shape index (κ1) is 12.4. The molecule has 5 heteroatoms. The van der Waals surface area contributed by atoms with Crippen LogP contribution in [-0.2, 0) is 9.53 Å². The highest BCUT2D eigenvalue weighted by Crippen LogP contribution is 2.36. The van der Waals surface area contributed by atoms with Crippen molar-refractivity contribution in [3.63, 3.8) is 0 Å². The molecule has 3 unspecified atom stereocenters. The van der Waals surface area contributed by atoms with Crippen LogP contribution in [-0.4, -0.2) is 71.8 Å². The molecule has 0 aromatic rings. The van der Waals surface area contributed by atoms with Crippen LogP contribution in [0.4, 0.5) is 0 Å². The van der Waals surface area contributed by atoms with E-state index in [1.165, 1.54) is 32.5 Å². The molecule has 0 aromatic heterocycles. The molecule has 0 saturated carbocycles. The van der Waals surface area contributed by atoms with Gasteiger partial charge in [0.2, 0.25) is 0 Å². The van der Waals surface area contributed by atoms with Crippen molar-refractivity contribution in [2.24, 2.45) is 5.92 Å². The van der Waals surface area contributed by atoms with Gasteiger partial charge in [-0.2, -0.15) is 0 Å². The molecule has 0 aliphatic carbocycles. The van der Waals surface area contributed by atoms with Crippen LogP contribution in [0.15, 0.2) is 0 Å². The molecule has 3 rings (SSSR count). The second kappa shape index (κ2) is 4.47. The number of piperidine rings is 1. The van der Waals surface area contributed by atoms with E-state index in [0.717, 1.165) is 19.0 Å². The molecule has 3 aliphatic rings. The third-order valence-corrected chi connectivity index (χ3v) is 4.68. The fraction of sp³-hybridized carbons (Fsp3) is 0.923. The Balaban J connectivity index is 1.50. The van der Waals surface area contributed by atoms with Gasteiger partial charge in [0.25, 0.3) is 0 Å². The normalized spacial score (nSPS) is 38.4. The Kier molecular flexibility index (Phi) is 3.08. The largest absolute Gasteiger partial charge is 0.480 e. The smallest absolute Gasteiger partial charge is 0.329 e. The van der Waals surface area contributed by atoms with Crippen molar-refractivity contribution in [2.45, 2.75) is 31.4 Å². The summed E-state index contributed by atoms with van der Waals surface area (Å²) in [7, 11) is 0. The summed E-state index contributed by atoms with van der Waals surface area (Å²) in [5.41, 5.74) is -0.242. The molecule has 5 nitrogen and oxygen atoms in total. The third-order valence-electron chi connectivity index (χ3n) is 4.68. The number of hydrogen-bond acceptors (Lipinski definition) is 4. The van der Waals surface area contributed by atoms with Gasteiger partial charge in [0.15, 0.2) is 0 Å². The molecule has 3 aliphatic heterocycles. The van der Waals surface area contributed by atoms with Crippen molar-refractivity contribution >= 4 is 5.97 Å². The first-order chi connectivity index (χ1) is 8.56. The maximum absolute atomic E-state index is 10.5. The Labute approximate surface area is 108 Å². The Bertz CT molecular complexity index is 341. The van der Waals surface area contributed by atoms with E-state index in [0.29, 0.717) is 6.04 Å². The second-order valence-corrected chi connectivity index (χ2v) is 6.24. The summed E-state index contributed by atoms with van der Waals surface area (Å²) < 4.78 is 5.48. The molecule has 3 heterocycles. The van der Waals surface area contributed by atoms with E-state index in [9.17, 15) is 4.79 Å². The Morgan fingerprint density at radius 1 is 1.39 bits per heavy atom. The summed E-state index contributed by atoms with van der Waals surface area (Å²) >= 11 is 0. The summed E-state index contributed by atoms with van der Waals surface area (Å²) in [6.45, 7) is 7.38. The molecule has 3 fully saturated rings. The van der Waals surface area contributed by atoms with Crippen LogP contribution in [0.5, 0.6) is 0 Å². The number of aliphatic carboxylic acids is 1. The summed E-state index contributed by atoms with van der Waals surface area (Å²) in [5, 5.41) is 8.65. The van der Waals surface area contributed by atoms with Gasteiger partial charge in [-0.15, -0.1) is 0 Å². The van der Waals surface area contributed by atoms with Gasteiger partial charge >= 0.3 is 5.97 Å². The summed E-state index contributed by atoms with van der Waals surface area (Å²) in [5.74, 6) is -0.0541. The van der Waals surface area contributed by atoms with Gasteiger partial charge in [0.05, 0.1) is 5.60 Å². The molecule has 3 atom stereocenters. The number of nitrogens with zero attached hydrogens (tertiary/aromatic N) is 2. The van der Waals surface area contributed by atoms with Gasteiger partial charge in [0.1, 0.15) is 6.61 Å². The minimum Gasteiger partial charge on any atom is -0.480 e. The van der Waals surface area contributed by atoms with E-state index in [-0.39, 0.29) is 12.2 Å².